The molecule has 0 bridgehead atoms. The number of aliphatic imine (C=N–C) groups is 1. The van der Waals surface area contributed by atoms with Crippen molar-refractivity contribution < 1.29 is 32.7 Å². The highest BCUT2D eigenvalue weighted by Crippen LogP contribution is 2.44. The topological polar surface area (TPSA) is 99.1 Å². The van der Waals surface area contributed by atoms with Crippen molar-refractivity contribution in [3.63, 3.8) is 0 Å². The molecule has 0 aromatic heterocycles. The van der Waals surface area contributed by atoms with Gasteiger partial charge in [-0.3, -0.25) is 14.4 Å². The van der Waals surface area contributed by atoms with E-state index < -0.39 is 13.9 Å². The maximum absolute atomic E-state index is 12.7. The molecule has 0 spiro atoms. The van der Waals surface area contributed by atoms with Gasteiger partial charge in [-0.25, -0.2) is 4.57 Å². The molecule has 0 amide bonds. The molecule has 9 nitrogen and oxygen atoms in total. The van der Waals surface area contributed by atoms with E-state index in [4.69, 9.17) is 23.3 Å². The fourth-order valence-electron chi connectivity index (χ4n) is 4.84. The largest absolute Gasteiger partial charge is 0.527 e. The van der Waals surface area contributed by atoms with Gasteiger partial charge in [0.1, 0.15) is 30.0 Å². The lowest BCUT2D eigenvalue weighted by molar-refractivity contribution is 0.0159. The third-order valence-electron chi connectivity index (χ3n) is 7.46. The molecule has 1 aliphatic heterocycles. The zero-order valence-electron chi connectivity index (χ0n) is 26.7. The van der Waals surface area contributed by atoms with Crippen LogP contribution in [0.4, 0.5) is 0 Å². The molecule has 0 radical (unpaired) electrons. The fourth-order valence-corrected chi connectivity index (χ4v) is 5.63. The average Bonchev–Trinajstić information content (AvgIpc) is 3.01. The molecule has 2 aromatic rings. The van der Waals surface area contributed by atoms with Gasteiger partial charge in [0, 0.05) is 37.8 Å². The maximum atomic E-state index is 12.7. The molecule has 0 saturated carbocycles. The number of nitrogens with zero attached hydrogens (tertiary/aromatic N) is 2. The van der Waals surface area contributed by atoms with Gasteiger partial charge in [0.15, 0.2) is 0 Å². The minimum Gasteiger partial charge on any atom is -0.493 e. The molecule has 10 heteroatoms. The molecule has 2 aromatic carbocycles. The lowest BCUT2D eigenvalue weighted by Gasteiger charge is -2.21. The van der Waals surface area contributed by atoms with Crippen LogP contribution in [0.5, 0.6) is 17.2 Å². The van der Waals surface area contributed by atoms with Crippen LogP contribution in [0.1, 0.15) is 82.3 Å². The van der Waals surface area contributed by atoms with E-state index in [0.717, 1.165) is 23.3 Å². The number of phosphoric acid groups is 1. The molecule has 2 atom stereocenters. The van der Waals surface area contributed by atoms with E-state index in [-0.39, 0.29) is 19.0 Å². The predicted molar refractivity (Wildman–Crippen MR) is 176 cm³/mol. The van der Waals surface area contributed by atoms with Crippen LogP contribution in [-0.2, 0) is 20.4 Å². The van der Waals surface area contributed by atoms with Crippen molar-refractivity contribution in [1.82, 2.24) is 4.90 Å². The van der Waals surface area contributed by atoms with Crippen LogP contribution in [0.3, 0.4) is 0 Å². The minimum atomic E-state index is -4.39. The average molecular weight is 631 g/mol. The maximum Gasteiger partial charge on any atom is 0.527 e. The van der Waals surface area contributed by atoms with Gasteiger partial charge in [-0.2, -0.15) is 0 Å². The van der Waals surface area contributed by atoms with E-state index in [1.54, 1.807) is 24.4 Å². The number of hydrogen-bond donors (Lipinski definition) is 1. The quantitative estimate of drug-likeness (QED) is 0.0968. The van der Waals surface area contributed by atoms with Crippen molar-refractivity contribution in [2.45, 2.75) is 90.7 Å². The fraction of sp³-hybridized carbons (Fsp3) is 0.559. The summed E-state index contributed by atoms with van der Waals surface area (Å²) in [6.07, 6.45) is 17.7. The molecule has 0 saturated heterocycles. The third kappa shape index (κ3) is 13.9. The van der Waals surface area contributed by atoms with Gasteiger partial charge in [-0.05, 0) is 43.2 Å². The highest BCUT2D eigenvalue weighted by Gasteiger charge is 2.26. The molecular formula is C34H51N2O7P. The van der Waals surface area contributed by atoms with Crippen LogP contribution < -0.4 is 14.0 Å². The van der Waals surface area contributed by atoms with Crippen LogP contribution in [0.2, 0.25) is 0 Å². The van der Waals surface area contributed by atoms with Gasteiger partial charge >= 0.3 is 7.82 Å². The van der Waals surface area contributed by atoms with Crippen LogP contribution in [0.15, 0.2) is 59.9 Å². The zero-order valence-corrected chi connectivity index (χ0v) is 27.6. The van der Waals surface area contributed by atoms with Crippen molar-refractivity contribution in [3.8, 4) is 17.2 Å². The molecule has 244 valence electrons. The Labute approximate surface area is 263 Å². The SMILES string of the molecule is CCCCCCCCCCCCOc1cccc(OCC(COP(=O)(O)Oc2cccc(CN3C=CN=CC3)c2)OC)c1C. The van der Waals surface area contributed by atoms with Gasteiger partial charge in [-0.15, -0.1) is 0 Å². The summed E-state index contributed by atoms with van der Waals surface area (Å²) in [5.41, 5.74) is 1.83. The second kappa shape index (κ2) is 20.2. The summed E-state index contributed by atoms with van der Waals surface area (Å²) in [6, 6.07) is 12.7. The molecule has 3 rings (SSSR count). The Morgan fingerprint density at radius 3 is 2.30 bits per heavy atom. The third-order valence-corrected chi connectivity index (χ3v) is 8.38. The van der Waals surface area contributed by atoms with Gasteiger partial charge in [0.05, 0.1) is 19.8 Å². The summed E-state index contributed by atoms with van der Waals surface area (Å²) < 4.78 is 40.8. The van der Waals surface area contributed by atoms with Crippen molar-refractivity contribution in [3.05, 3.63) is 66.0 Å². The van der Waals surface area contributed by atoms with Crippen molar-refractivity contribution in [2.24, 2.45) is 4.99 Å². The van der Waals surface area contributed by atoms with Crippen molar-refractivity contribution >= 4 is 14.0 Å². The summed E-state index contributed by atoms with van der Waals surface area (Å²) in [5, 5.41) is 0. The van der Waals surface area contributed by atoms with Gasteiger partial charge in [-0.1, -0.05) is 82.9 Å². The number of unbranched alkanes of at least 4 members (excludes halogenated alkanes) is 9. The number of ether oxygens (including phenoxy) is 3. The Morgan fingerprint density at radius 1 is 0.932 bits per heavy atom. The smallest absolute Gasteiger partial charge is 0.493 e. The lowest BCUT2D eigenvalue weighted by Crippen LogP contribution is -2.26. The summed E-state index contributed by atoms with van der Waals surface area (Å²) in [7, 11) is -2.89. The Morgan fingerprint density at radius 2 is 1.61 bits per heavy atom. The minimum absolute atomic E-state index is 0.126. The molecule has 0 fully saturated rings. The zero-order chi connectivity index (χ0) is 31.5. The van der Waals surface area contributed by atoms with Gasteiger partial charge in [0.2, 0.25) is 0 Å². The summed E-state index contributed by atoms with van der Waals surface area (Å²) in [5.74, 6) is 1.71. The van der Waals surface area contributed by atoms with E-state index in [1.165, 1.54) is 64.9 Å². The first-order valence-electron chi connectivity index (χ1n) is 16.0. The second-order valence-electron chi connectivity index (χ2n) is 11.1. The standard InChI is InChI=1S/C34H51N2O7P/c1-4-5-6-7-8-9-10-11-12-13-24-40-33-18-15-19-34(29(33)2)41-27-32(39-3)28-42-44(37,38)43-31-17-14-16-30(25-31)26-36-22-20-35-21-23-36/h14-22,25,32H,4-13,23-24,26-28H2,1-3H3,(H,37,38). The van der Waals surface area contributed by atoms with E-state index in [0.29, 0.717) is 25.4 Å². The number of methoxy groups -OCH3 is 1. The molecule has 0 aliphatic carbocycles. The first-order valence-corrected chi connectivity index (χ1v) is 17.5. The number of rotatable bonds is 23. The van der Waals surface area contributed by atoms with Crippen molar-refractivity contribution in [2.75, 3.05) is 33.5 Å². The Kier molecular flexibility index (Phi) is 16.4. The first-order chi connectivity index (χ1) is 21.4. The van der Waals surface area contributed by atoms with Crippen molar-refractivity contribution in [1.29, 1.82) is 0 Å². The molecule has 1 N–H and O–H groups in total. The summed E-state index contributed by atoms with van der Waals surface area (Å²) in [6.45, 7) is 6.14. The van der Waals surface area contributed by atoms with Crippen LogP contribution in [0, 0.1) is 6.92 Å². The van der Waals surface area contributed by atoms with E-state index >= 15 is 0 Å². The first kappa shape index (κ1) is 35.6. The highest BCUT2D eigenvalue weighted by molar-refractivity contribution is 7.47. The highest BCUT2D eigenvalue weighted by atomic mass is 31.2. The van der Waals surface area contributed by atoms with Crippen LogP contribution >= 0.6 is 7.82 Å². The number of benzene rings is 2. The van der Waals surface area contributed by atoms with E-state index in [9.17, 15) is 9.46 Å². The molecule has 44 heavy (non-hydrogen) atoms. The Hall–Kier alpha value is -2.84. The van der Waals surface area contributed by atoms with E-state index in [2.05, 4.69) is 16.8 Å². The summed E-state index contributed by atoms with van der Waals surface area (Å²) in [4.78, 5) is 16.5. The Bertz CT molecular complexity index is 1210. The normalized spacial score (nSPS) is 14.8. The monoisotopic (exact) mass is 630 g/mol. The number of hydrogen-bond acceptors (Lipinski definition) is 8. The van der Waals surface area contributed by atoms with Gasteiger partial charge < -0.3 is 23.6 Å². The molecule has 1 heterocycles. The second-order valence-corrected chi connectivity index (χ2v) is 12.5. The molecular weight excluding hydrogens is 579 g/mol. The predicted octanol–water partition coefficient (Wildman–Crippen LogP) is 8.24. The molecule has 2 unspecified atom stereocenters. The molecule has 1 aliphatic rings. The van der Waals surface area contributed by atoms with Gasteiger partial charge in [0.25, 0.3) is 0 Å². The lowest BCUT2D eigenvalue weighted by atomic mass is 10.1. The van der Waals surface area contributed by atoms with E-state index in [1.807, 2.05) is 43.6 Å². The van der Waals surface area contributed by atoms with Crippen LogP contribution in [0.25, 0.3) is 0 Å². The Balaban J connectivity index is 1.37. The summed E-state index contributed by atoms with van der Waals surface area (Å²) >= 11 is 0. The number of phosphoric ester groups is 1. The van der Waals surface area contributed by atoms with Crippen LogP contribution in [-0.4, -0.2) is 55.6 Å².